The van der Waals surface area contributed by atoms with E-state index >= 15 is 0 Å². The zero-order valence-electron chi connectivity index (χ0n) is 14.5. The van der Waals surface area contributed by atoms with Gasteiger partial charge in [0.05, 0.1) is 0 Å². The first kappa shape index (κ1) is 21.4. The Bertz CT molecular complexity index is 294. The topological polar surface area (TPSA) is 17.1 Å². The largest absolute Gasteiger partial charge is 0.281 e. The lowest BCUT2D eigenvalue weighted by atomic mass is 10.1. The quantitative estimate of drug-likeness (QED) is 0.165. The number of carbonyl (C=O) groups is 1. The molecule has 0 heterocycles. The number of halogens is 1. The van der Waals surface area contributed by atoms with Crippen molar-refractivity contribution in [1.29, 1.82) is 0 Å². The van der Waals surface area contributed by atoms with Crippen molar-refractivity contribution in [2.45, 2.75) is 96.8 Å². The summed E-state index contributed by atoms with van der Waals surface area (Å²) < 4.78 is 0. The molecule has 2 heteroatoms. The summed E-state index contributed by atoms with van der Waals surface area (Å²) in [7, 11) is 0. The molecule has 0 rings (SSSR count). The summed E-state index contributed by atoms with van der Waals surface area (Å²) in [5, 5.41) is -0.192. The van der Waals surface area contributed by atoms with Gasteiger partial charge in [0.2, 0.25) is 5.24 Å². The summed E-state index contributed by atoms with van der Waals surface area (Å²) in [4.78, 5) is 10.6. The number of unbranched alkanes of at least 4 members (excludes halogenated alkanes) is 10. The van der Waals surface area contributed by atoms with Crippen molar-refractivity contribution in [3.8, 4) is 0 Å². The van der Waals surface area contributed by atoms with Crippen LogP contribution >= 0.6 is 11.6 Å². The van der Waals surface area contributed by atoms with Crippen LogP contribution in [0.2, 0.25) is 0 Å². The van der Waals surface area contributed by atoms with Gasteiger partial charge in [-0.05, 0) is 50.1 Å². The van der Waals surface area contributed by atoms with Gasteiger partial charge in [-0.25, -0.2) is 0 Å². The first-order valence-corrected chi connectivity index (χ1v) is 9.63. The number of hydrogen-bond donors (Lipinski definition) is 0. The maximum atomic E-state index is 10.6. The van der Waals surface area contributed by atoms with Gasteiger partial charge in [-0.2, -0.15) is 0 Å². The molecule has 0 atom stereocenters. The van der Waals surface area contributed by atoms with Crippen molar-refractivity contribution >= 4 is 16.8 Å². The normalized spacial score (nSPS) is 11.7. The zero-order chi connectivity index (χ0) is 16.3. The summed E-state index contributed by atoms with van der Waals surface area (Å²) in [6, 6.07) is 0. The molecule has 0 aliphatic carbocycles. The van der Waals surface area contributed by atoms with Crippen LogP contribution in [0.3, 0.4) is 0 Å². The van der Waals surface area contributed by atoms with E-state index in [1.807, 2.05) is 0 Å². The molecule has 0 aromatic heterocycles. The third kappa shape index (κ3) is 19.4. The maximum absolute atomic E-state index is 10.6. The lowest BCUT2D eigenvalue weighted by Gasteiger charge is -2.00. The van der Waals surface area contributed by atoms with Gasteiger partial charge in [0.25, 0.3) is 0 Å². The summed E-state index contributed by atoms with van der Waals surface area (Å²) >= 11 is 5.30. The molecule has 0 spiro atoms. The van der Waals surface area contributed by atoms with Crippen molar-refractivity contribution < 1.29 is 4.79 Å². The van der Waals surface area contributed by atoms with Crippen LogP contribution in [0.25, 0.3) is 0 Å². The zero-order valence-corrected chi connectivity index (χ0v) is 15.3. The van der Waals surface area contributed by atoms with Crippen molar-refractivity contribution in [2.24, 2.45) is 0 Å². The molecule has 0 aliphatic heterocycles. The van der Waals surface area contributed by atoms with E-state index in [1.165, 1.54) is 64.2 Å². The second-order valence-electron chi connectivity index (χ2n) is 6.04. The lowest BCUT2D eigenvalue weighted by molar-refractivity contribution is -0.111. The Morgan fingerprint density at radius 1 is 0.727 bits per heavy atom. The van der Waals surface area contributed by atoms with Crippen LogP contribution in [0.15, 0.2) is 24.3 Å². The molecule has 0 aromatic rings. The van der Waals surface area contributed by atoms with Crippen molar-refractivity contribution in [2.75, 3.05) is 0 Å². The number of carbonyl (C=O) groups excluding carboxylic acids is 1. The molecule has 0 radical (unpaired) electrons. The molecule has 0 unspecified atom stereocenters. The molecule has 1 nitrogen and oxygen atoms in total. The Morgan fingerprint density at radius 3 is 1.77 bits per heavy atom. The third-order valence-corrected chi connectivity index (χ3v) is 4.01. The fourth-order valence-corrected chi connectivity index (χ4v) is 2.56. The van der Waals surface area contributed by atoms with Crippen LogP contribution in [0.4, 0.5) is 0 Å². The van der Waals surface area contributed by atoms with E-state index in [2.05, 4.69) is 31.2 Å². The predicted octanol–water partition coefficient (Wildman–Crippen LogP) is 7.35. The Labute approximate surface area is 143 Å². The standard InChI is InChI=1S/C20H35ClO/c1-2-3-4-5-6-7-8-9-10-11-12-13-14-15-16-17-18-19-20(21)22/h6-7,9-10H,2-5,8,11-19H2,1H3. The van der Waals surface area contributed by atoms with Crippen LogP contribution < -0.4 is 0 Å². The average Bonchev–Trinajstić information content (AvgIpc) is 2.50. The van der Waals surface area contributed by atoms with Crippen LogP contribution in [-0.2, 0) is 4.79 Å². The van der Waals surface area contributed by atoms with E-state index in [9.17, 15) is 4.79 Å². The van der Waals surface area contributed by atoms with Gasteiger partial charge < -0.3 is 0 Å². The molecule has 0 aliphatic rings. The van der Waals surface area contributed by atoms with E-state index in [0.29, 0.717) is 6.42 Å². The summed E-state index contributed by atoms with van der Waals surface area (Å²) in [6.45, 7) is 2.25. The Hall–Kier alpha value is -0.560. The van der Waals surface area contributed by atoms with Gasteiger partial charge in [0, 0.05) is 6.42 Å². The summed E-state index contributed by atoms with van der Waals surface area (Å²) in [5.74, 6) is 0. The fraction of sp³-hybridized carbons (Fsp3) is 0.750. The fourth-order valence-electron chi connectivity index (χ4n) is 2.43. The van der Waals surface area contributed by atoms with Gasteiger partial charge in [0.1, 0.15) is 0 Å². The minimum absolute atomic E-state index is 0.192. The smallest absolute Gasteiger partial charge is 0.221 e. The molecular formula is C20H35ClO. The molecule has 0 amide bonds. The minimum atomic E-state index is -0.192. The van der Waals surface area contributed by atoms with Crippen LogP contribution in [-0.4, -0.2) is 5.24 Å². The Balaban J connectivity index is 3.15. The second-order valence-corrected chi connectivity index (χ2v) is 6.46. The molecule has 0 bridgehead atoms. The van der Waals surface area contributed by atoms with E-state index < -0.39 is 0 Å². The number of allylic oxidation sites excluding steroid dienone is 4. The van der Waals surface area contributed by atoms with E-state index in [0.717, 1.165) is 19.3 Å². The molecule has 0 aromatic carbocycles. The summed E-state index contributed by atoms with van der Waals surface area (Å²) in [6.07, 6.45) is 25.9. The highest BCUT2D eigenvalue weighted by Gasteiger charge is 1.95. The highest BCUT2D eigenvalue weighted by atomic mass is 35.5. The Kier molecular flexibility index (Phi) is 18.0. The SMILES string of the molecule is CCCCCC=CCC=CCCCCCCCCCC(=O)Cl. The number of rotatable bonds is 16. The lowest BCUT2D eigenvalue weighted by Crippen LogP contribution is -1.86. The van der Waals surface area contributed by atoms with Crippen molar-refractivity contribution in [3.05, 3.63) is 24.3 Å². The minimum Gasteiger partial charge on any atom is -0.281 e. The van der Waals surface area contributed by atoms with Crippen LogP contribution in [0, 0.1) is 0 Å². The first-order chi connectivity index (χ1) is 10.8. The summed E-state index contributed by atoms with van der Waals surface area (Å²) in [5.41, 5.74) is 0. The van der Waals surface area contributed by atoms with Crippen molar-refractivity contribution in [3.63, 3.8) is 0 Å². The van der Waals surface area contributed by atoms with E-state index in [1.54, 1.807) is 0 Å². The average molecular weight is 327 g/mol. The van der Waals surface area contributed by atoms with E-state index in [-0.39, 0.29) is 5.24 Å². The molecule has 0 fully saturated rings. The second kappa shape index (κ2) is 18.5. The van der Waals surface area contributed by atoms with E-state index in [4.69, 9.17) is 11.6 Å². The Morgan fingerprint density at radius 2 is 1.23 bits per heavy atom. The van der Waals surface area contributed by atoms with Gasteiger partial charge in [-0.15, -0.1) is 0 Å². The predicted molar refractivity (Wildman–Crippen MR) is 99.5 cm³/mol. The highest BCUT2D eigenvalue weighted by molar-refractivity contribution is 6.63. The molecular weight excluding hydrogens is 292 g/mol. The van der Waals surface area contributed by atoms with Crippen LogP contribution in [0.1, 0.15) is 96.8 Å². The van der Waals surface area contributed by atoms with Gasteiger partial charge >= 0.3 is 0 Å². The molecule has 22 heavy (non-hydrogen) atoms. The molecule has 0 saturated carbocycles. The maximum Gasteiger partial charge on any atom is 0.221 e. The van der Waals surface area contributed by atoms with Gasteiger partial charge in [-0.3, -0.25) is 4.79 Å². The van der Waals surface area contributed by atoms with Crippen LogP contribution in [0.5, 0.6) is 0 Å². The monoisotopic (exact) mass is 326 g/mol. The first-order valence-electron chi connectivity index (χ1n) is 9.25. The number of hydrogen-bond acceptors (Lipinski definition) is 1. The molecule has 128 valence electrons. The highest BCUT2D eigenvalue weighted by Crippen LogP contribution is 2.10. The molecule has 0 N–H and O–H groups in total. The van der Waals surface area contributed by atoms with Gasteiger partial charge in [-0.1, -0.05) is 76.2 Å². The van der Waals surface area contributed by atoms with Crippen molar-refractivity contribution in [1.82, 2.24) is 0 Å². The third-order valence-electron chi connectivity index (χ3n) is 3.82. The van der Waals surface area contributed by atoms with Gasteiger partial charge in [0.15, 0.2) is 0 Å². The molecule has 0 saturated heterocycles.